The van der Waals surface area contributed by atoms with Crippen molar-refractivity contribution in [3.8, 4) is 0 Å². The first-order chi connectivity index (χ1) is 15.3. The lowest BCUT2D eigenvalue weighted by atomic mass is 10.0. The van der Waals surface area contributed by atoms with Gasteiger partial charge in [-0.25, -0.2) is 0 Å². The molecule has 2 rings (SSSR count). The first kappa shape index (κ1) is 25.8. The minimum atomic E-state index is -3.97. The highest BCUT2D eigenvalue weighted by Crippen LogP contribution is 2.19. The summed E-state index contributed by atoms with van der Waals surface area (Å²) in [5.74, 6) is 0. The van der Waals surface area contributed by atoms with Crippen LogP contribution < -0.4 is 0 Å². The number of ether oxygens (including phenoxy) is 2. The molecule has 0 amide bonds. The third-order valence-corrected chi connectivity index (χ3v) is 5.06. The highest BCUT2D eigenvalue weighted by molar-refractivity contribution is 7.86. The van der Waals surface area contributed by atoms with Crippen molar-refractivity contribution in [1.29, 1.82) is 0 Å². The van der Waals surface area contributed by atoms with E-state index in [0.717, 1.165) is 17.4 Å². The SMILES string of the molecule is CS(=O)(=O)O[C@@H](CO)[C@H](OCc1ccccc1)[C@H](O)[C@H](COCc1ccccc1)N=[N+]=[N-]. The van der Waals surface area contributed by atoms with Gasteiger partial charge in [-0.15, -0.1) is 0 Å². The summed E-state index contributed by atoms with van der Waals surface area (Å²) in [6, 6.07) is 17.1. The largest absolute Gasteiger partial charge is 0.394 e. The van der Waals surface area contributed by atoms with Crippen molar-refractivity contribution in [3.05, 3.63) is 82.2 Å². The maximum absolute atomic E-state index is 11.6. The van der Waals surface area contributed by atoms with Crippen LogP contribution in [0.5, 0.6) is 0 Å². The molecule has 0 saturated heterocycles. The predicted octanol–water partition coefficient (Wildman–Crippen LogP) is 2.17. The van der Waals surface area contributed by atoms with Gasteiger partial charge in [-0.1, -0.05) is 65.8 Å². The zero-order valence-electron chi connectivity index (χ0n) is 17.6. The third kappa shape index (κ3) is 8.93. The van der Waals surface area contributed by atoms with E-state index in [1.165, 1.54) is 0 Å². The molecule has 2 N–H and O–H groups in total. The van der Waals surface area contributed by atoms with E-state index in [0.29, 0.717) is 0 Å². The fourth-order valence-corrected chi connectivity index (χ4v) is 3.58. The fraction of sp³-hybridized carbons (Fsp3) is 0.429. The van der Waals surface area contributed by atoms with Crippen LogP contribution in [0.25, 0.3) is 10.4 Å². The molecule has 0 radical (unpaired) electrons. The van der Waals surface area contributed by atoms with Gasteiger partial charge in [-0.2, -0.15) is 8.42 Å². The molecule has 174 valence electrons. The molecule has 10 nitrogen and oxygen atoms in total. The minimum Gasteiger partial charge on any atom is -0.394 e. The summed E-state index contributed by atoms with van der Waals surface area (Å²) in [4.78, 5) is 2.75. The van der Waals surface area contributed by atoms with Crippen LogP contribution in [0.15, 0.2) is 65.8 Å². The van der Waals surface area contributed by atoms with Crippen molar-refractivity contribution in [2.24, 2.45) is 5.11 Å². The summed E-state index contributed by atoms with van der Waals surface area (Å²) < 4.78 is 39.5. The van der Waals surface area contributed by atoms with E-state index in [1.807, 2.05) is 36.4 Å². The average molecular weight is 466 g/mol. The van der Waals surface area contributed by atoms with Crippen molar-refractivity contribution in [2.45, 2.75) is 37.6 Å². The monoisotopic (exact) mass is 465 g/mol. The van der Waals surface area contributed by atoms with E-state index in [1.54, 1.807) is 24.3 Å². The van der Waals surface area contributed by atoms with Crippen molar-refractivity contribution in [1.82, 2.24) is 0 Å². The first-order valence-corrected chi connectivity index (χ1v) is 11.6. The normalized spacial score (nSPS) is 15.3. The highest BCUT2D eigenvalue weighted by atomic mass is 32.2. The first-order valence-electron chi connectivity index (χ1n) is 9.82. The minimum absolute atomic E-state index is 0.0000485. The number of nitrogens with zero attached hydrogens (tertiary/aromatic N) is 3. The number of hydrogen-bond acceptors (Lipinski definition) is 8. The van der Waals surface area contributed by atoms with E-state index in [9.17, 15) is 18.6 Å². The van der Waals surface area contributed by atoms with Crippen LogP contribution in [0.2, 0.25) is 0 Å². The van der Waals surface area contributed by atoms with E-state index >= 15 is 0 Å². The van der Waals surface area contributed by atoms with Gasteiger partial charge in [0.2, 0.25) is 0 Å². The Balaban J connectivity index is 2.16. The van der Waals surface area contributed by atoms with E-state index < -0.39 is 41.1 Å². The number of azide groups is 1. The summed E-state index contributed by atoms with van der Waals surface area (Å²) >= 11 is 0. The van der Waals surface area contributed by atoms with Gasteiger partial charge in [0, 0.05) is 4.91 Å². The molecule has 32 heavy (non-hydrogen) atoms. The number of rotatable bonds is 14. The van der Waals surface area contributed by atoms with Gasteiger partial charge in [-0.05, 0) is 16.7 Å². The fourth-order valence-electron chi connectivity index (χ4n) is 2.96. The molecule has 0 bridgehead atoms. The molecule has 0 aliphatic carbocycles. The summed E-state index contributed by atoms with van der Waals surface area (Å²) in [5, 5.41) is 24.2. The van der Waals surface area contributed by atoms with Crippen LogP contribution in [0, 0.1) is 0 Å². The van der Waals surface area contributed by atoms with Crippen LogP contribution in [-0.2, 0) is 37.0 Å². The molecule has 0 heterocycles. The maximum Gasteiger partial charge on any atom is 0.264 e. The summed E-state index contributed by atoms with van der Waals surface area (Å²) in [7, 11) is -3.97. The molecular formula is C21H27N3O7S. The van der Waals surface area contributed by atoms with Gasteiger partial charge in [-0.3, -0.25) is 4.18 Å². The standard InChI is InChI=1S/C21H27N3O7S/c1-32(27,28)31-19(12-25)21(30-14-17-10-6-3-7-11-17)20(26)18(23-24-22)15-29-13-16-8-4-2-5-9-16/h2-11,18-21,25-26H,12-15H2,1H3/t18-,19-,20+,21-/m0/s1. The highest BCUT2D eigenvalue weighted by Gasteiger charge is 2.37. The van der Waals surface area contributed by atoms with Gasteiger partial charge in [0.05, 0.1) is 44.8 Å². The Labute approximate surface area is 187 Å². The number of aliphatic hydroxyl groups excluding tert-OH is 2. The van der Waals surface area contributed by atoms with Crippen molar-refractivity contribution >= 4 is 10.1 Å². The van der Waals surface area contributed by atoms with Crippen LogP contribution in [0.1, 0.15) is 11.1 Å². The van der Waals surface area contributed by atoms with E-state index in [2.05, 4.69) is 10.0 Å². The Kier molecular flexibility index (Phi) is 10.6. The predicted molar refractivity (Wildman–Crippen MR) is 117 cm³/mol. The van der Waals surface area contributed by atoms with E-state index in [-0.39, 0.29) is 19.8 Å². The molecular weight excluding hydrogens is 438 g/mol. The van der Waals surface area contributed by atoms with Crippen LogP contribution >= 0.6 is 0 Å². The summed E-state index contributed by atoms with van der Waals surface area (Å²) in [5.41, 5.74) is 10.6. The topological polar surface area (TPSA) is 151 Å². The van der Waals surface area contributed by atoms with Crippen molar-refractivity contribution in [2.75, 3.05) is 19.5 Å². The smallest absolute Gasteiger partial charge is 0.264 e. The molecule has 2 aromatic carbocycles. The van der Waals surface area contributed by atoms with Gasteiger partial charge >= 0.3 is 0 Å². The van der Waals surface area contributed by atoms with Gasteiger partial charge in [0.15, 0.2) is 0 Å². The van der Waals surface area contributed by atoms with Gasteiger partial charge in [0.25, 0.3) is 10.1 Å². The molecule has 0 aliphatic heterocycles. The molecule has 11 heteroatoms. The Morgan fingerprint density at radius 1 is 1.03 bits per heavy atom. The third-order valence-electron chi connectivity index (χ3n) is 4.46. The summed E-state index contributed by atoms with van der Waals surface area (Å²) in [6.07, 6.45) is -3.45. The van der Waals surface area contributed by atoms with Crippen LogP contribution in [0.3, 0.4) is 0 Å². The summed E-state index contributed by atoms with van der Waals surface area (Å²) in [6.45, 7) is -0.705. The second-order valence-electron chi connectivity index (χ2n) is 7.05. The van der Waals surface area contributed by atoms with E-state index in [4.69, 9.17) is 19.2 Å². The molecule has 0 spiro atoms. The second-order valence-corrected chi connectivity index (χ2v) is 8.65. The number of aliphatic hydroxyl groups is 2. The lowest BCUT2D eigenvalue weighted by Gasteiger charge is -2.32. The molecule has 0 aliphatic rings. The molecule has 0 aromatic heterocycles. The van der Waals surface area contributed by atoms with Crippen molar-refractivity contribution < 1.29 is 32.3 Å². The van der Waals surface area contributed by atoms with Gasteiger partial charge < -0.3 is 19.7 Å². The lowest BCUT2D eigenvalue weighted by molar-refractivity contribution is -0.120. The number of benzene rings is 2. The molecule has 2 aromatic rings. The number of hydrogen-bond donors (Lipinski definition) is 2. The van der Waals surface area contributed by atoms with Gasteiger partial charge in [0.1, 0.15) is 12.2 Å². The average Bonchev–Trinajstić information content (AvgIpc) is 2.78. The zero-order chi connectivity index (χ0) is 23.4. The van der Waals surface area contributed by atoms with Crippen molar-refractivity contribution in [3.63, 3.8) is 0 Å². The molecule has 0 saturated carbocycles. The Morgan fingerprint density at radius 3 is 2.09 bits per heavy atom. The Bertz CT molecular complexity index is 954. The Hall–Kier alpha value is -2.50. The molecule has 4 atom stereocenters. The van der Waals surface area contributed by atoms with Crippen LogP contribution in [-0.4, -0.2) is 62.5 Å². The molecule has 0 unspecified atom stereocenters. The quantitative estimate of drug-likeness (QED) is 0.188. The maximum atomic E-state index is 11.6. The second kappa shape index (κ2) is 13.1. The molecule has 0 fully saturated rings. The lowest BCUT2D eigenvalue weighted by Crippen LogP contribution is -2.49. The van der Waals surface area contributed by atoms with Crippen LogP contribution in [0.4, 0.5) is 0 Å². The zero-order valence-corrected chi connectivity index (χ0v) is 18.4. The Morgan fingerprint density at radius 2 is 1.59 bits per heavy atom.